The van der Waals surface area contributed by atoms with Crippen molar-refractivity contribution >= 4 is 61.5 Å². The summed E-state index contributed by atoms with van der Waals surface area (Å²) in [6, 6.07) is 1.97. The molecule has 86 valence electrons. The molecule has 6 heteroatoms. The van der Waals surface area contributed by atoms with Gasteiger partial charge in [0, 0.05) is 18.9 Å². The molecular weight excluding hydrogens is 253 g/mol. The van der Waals surface area contributed by atoms with E-state index in [0.717, 1.165) is 12.0 Å². The van der Waals surface area contributed by atoms with Crippen LogP contribution in [-0.4, -0.2) is 74.7 Å². The number of hydrogen-bond acceptors (Lipinski definition) is 2. The van der Waals surface area contributed by atoms with Crippen molar-refractivity contribution < 1.29 is 13.0 Å². The van der Waals surface area contributed by atoms with Gasteiger partial charge in [-0.25, -0.2) is 0 Å². The first-order valence-corrected chi connectivity index (χ1v) is 6.33. The number of allylic oxidation sites excluding steroid dienone is 1. The molecule has 16 heavy (non-hydrogen) atoms. The van der Waals surface area contributed by atoms with Crippen LogP contribution in [0.4, 0.5) is 0 Å². The van der Waals surface area contributed by atoms with Crippen LogP contribution >= 0.6 is 0 Å². The molecule has 1 rings (SSSR count). The quantitative estimate of drug-likeness (QED) is 0.473. The van der Waals surface area contributed by atoms with E-state index in [9.17, 15) is 8.42 Å². The number of hydrogen-bond donors (Lipinski definition) is 1. The SMILES string of the molecule is C=CCc1ccn(CCCS(=O)(=O)O)c1.[KH]. The van der Waals surface area contributed by atoms with E-state index in [-0.39, 0.29) is 57.1 Å². The number of rotatable bonds is 6. The Morgan fingerprint density at radius 1 is 1.50 bits per heavy atom. The van der Waals surface area contributed by atoms with E-state index in [1.54, 1.807) is 0 Å². The Kier molecular flexibility index (Phi) is 8.09. The van der Waals surface area contributed by atoms with Gasteiger partial charge in [-0.1, -0.05) is 6.08 Å². The second-order valence-corrected chi connectivity index (χ2v) is 4.96. The molecule has 0 bridgehead atoms. The fourth-order valence-corrected chi connectivity index (χ4v) is 1.84. The van der Waals surface area contributed by atoms with Crippen molar-refractivity contribution in [3.05, 3.63) is 36.7 Å². The molecule has 0 aliphatic rings. The van der Waals surface area contributed by atoms with Gasteiger partial charge in [-0.3, -0.25) is 4.55 Å². The molecule has 0 unspecified atom stereocenters. The first kappa shape index (κ1) is 16.6. The zero-order valence-electron chi connectivity index (χ0n) is 8.46. The molecule has 1 N–H and O–H groups in total. The van der Waals surface area contributed by atoms with E-state index in [4.69, 9.17) is 4.55 Å². The summed E-state index contributed by atoms with van der Waals surface area (Å²) < 4.78 is 31.4. The minimum absolute atomic E-state index is 0. The molecule has 0 fully saturated rings. The van der Waals surface area contributed by atoms with Crippen molar-refractivity contribution in [3.63, 3.8) is 0 Å². The predicted octanol–water partition coefficient (Wildman–Crippen LogP) is 0.846. The topological polar surface area (TPSA) is 59.3 Å². The molecule has 1 aromatic rings. The molecule has 0 radical (unpaired) electrons. The summed E-state index contributed by atoms with van der Waals surface area (Å²) >= 11 is 0. The third kappa shape index (κ3) is 7.00. The molecule has 0 amide bonds. The summed E-state index contributed by atoms with van der Waals surface area (Å²) in [6.45, 7) is 4.23. The first-order valence-electron chi connectivity index (χ1n) is 4.72. The molecule has 0 spiro atoms. The van der Waals surface area contributed by atoms with E-state index in [2.05, 4.69) is 6.58 Å². The fourth-order valence-electron chi connectivity index (χ4n) is 1.35. The Labute approximate surface area is 139 Å². The van der Waals surface area contributed by atoms with Crippen molar-refractivity contribution in [1.29, 1.82) is 0 Å². The normalized spacial score (nSPS) is 10.8. The molecule has 0 saturated carbocycles. The summed E-state index contributed by atoms with van der Waals surface area (Å²) in [7, 11) is -3.83. The molecule has 0 aliphatic carbocycles. The molecule has 0 saturated heterocycles. The second-order valence-electron chi connectivity index (χ2n) is 3.39. The van der Waals surface area contributed by atoms with E-state index in [0.29, 0.717) is 13.0 Å². The standard InChI is InChI=1S/C10H15NO3S.K.H/c1-2-4-10-5-7-11(9-10)6-3-8-15(12,13)14;;/h2,5,7,9H,1,3-4,6,8H2,(H,12,13,14);;. The Hall–Kier alpha value is 0.566. The summed E-state index contributed by atoms with van der Waals surface area (Å²) in [4.78, 5) is 0. The predicted molar refractivity (Wildman–Crippen MR) is 66.5 cm³/mol. The van der Waals surface area contributed by atoms with Crippen LogP contribution in [0.25, 0.3) is 0 Å². The van der Waals surface area contributed by atoms with E-state index < -0.39 is 10.1 Å². The Morgan fingerprint density at radius 3 is 2.75 bits per heavy atom. The molecule has 1 heterocycles. The van der Waals surface area contributed by atoms with Gasteiger partial charge in [0.25, 0.3) is 10.1 Å². The van der Waals surface area contributed by atoms with Crippen LogP contribution < -0.4 is 0 Å². The third-order valence-corrected chi connectivity index (χ3v) is 2.81. The van der Waals surface area contributed by atoms with E-state index in [1.807, 2.05) is 29.1 Å². The van der Waals surface area contributed by atoms with Crippen molar-refractivity contribution in [2.24, 2.45) is 0 Å². The van der Waals surface area contributed by atoms with Crippen LogP contribution in [0.2, 0.25) is 0 Å². The van der Waals surface area contributed by atoms with Gasteiger partial charge in [-0.05, 0) is 24.5 Å². The Bertz CT molecular complexity index is 425. The van der Waals surface area contributed by atoms with Crippen LogP contribution in [0, 0.1) is 0 Å². The molecule has 0 aliphatic heterocycles. The summed E-state index contributed by atoms with van der Waals surface area (Å²) in [5, 5.41) is 0. The minimum atomic E-state index is -3.83. The van der Waals surface area contributed by atoms with Gasteiger partial charge < -0.3 is 4.57 Å². The van der Waals surface area contributed by atoms with Gasteiger partial charge in [-0.2, -0.15) is 8.42 Å². The van der Waals surface area contributed by atoms with Gasteiger partial charge in [0.2, 0.25) is 0 Å². The summed E-state index contributed by atoms with van der Waals surface area (Å²) in [6.07, 6.45) is 6.89. The van der Waals surface area contributed by atoms with Gasteiger partial charge in [0.15, 0.2) is 0 Å². The maximum atomic E-state index is 10.5. The average Bonchev–Trinajstić information content (AvgIpc) is 2.51. The zero-order chi connectivity index (χ0) is 11.3. The Morgan fingerprint density at radius 2 is 2.19 bits per heavy atom. The van der Waals surface area contributed by atoms with Crippen molar-refractivity contribution in [2.45, 2.75) is 19.4 Å². The van der Waals surface area contributed by atoms with Gasteiger partial charge in [0.1, 0.15) is 0 Å². The number of nitrogens with zero attached hydrogens (tertiary/aromatic N) is 1. The summed E-state index contributed by atoms with van der Waals surface area (Å²) in [5.41, 5.74) is 1.15. The van der Waals surface area contributed by atoms with Crippen LogP contribution in [0.3, 0.4) is 0 Å². The molecular formula is C10H16KNO3S. The van der Waals surface area contributed by atoms with Crippen LogP contribution in [0.1, 0.15) is 12.0 Å². The average molecular weight is 269 g/mol. The van der Waals surface area contributed by atoms with Crippen molar-refractivity contribution in [1.82, 2.24) is 4.57 Å². The molecule has 0 aromatic carbocycles. The zero-order valence-corrected chi connectivity index (χ0v) is 9.28. The number of aryl methyl sites for hydroxylation is 1. The van der Waals surface area contributed by atoms with Crippen LogP contribution in [0.5, 0.6) is 0 Å². The molecule has 0 atom stereocenters. The summed E-state index contributed by atoms with van der Waals surface area (Å²) in [5.74, 6) is -0.192. The van der Waals surface area contributed by atoms with Gasteiger partial charge in [0.05, 0.1) is 5.75 Å². The van der Waals surface area contributed by atoms with Crippen LogP contribution in [-0.2, 0) is 23.1 Å². The second kappa shape index (κ2) is 7.81. The van der Waals surface area contributed by atoms with Crippen LogP contribution in [0.15, 0.2) is 31.1 Å². The molecule has 1 aromatic heterocycles. The van der Waals surface area contributed by atoms with Gasteiger partial charge >= 0.3 is 51.4 Å². The van der Waals surface area contributed by atoms with E-state index in [1.165, 1.54) is 0 Å². The number of aromatic nitrogens is 1. The van der Waals surface area contributed by atoms with E-state index >= 15 is 0 Å². The maximum absolute atomic E-state index is 10.5. The van der Waals surface area contributed by atoms with Gasteiger partial charge in [-0.15, -0.1) is 6.58 Å². The van der Waals surface area contributed by atoms with Crippen molar-refractivity contribution in [2.75, 3.05) is 5.75 Å². The Balaban J connectivity index is 0.00000225. The monoisotopic (exact) mass is 269 g/mol. The fraction of sp³-hybridized carbons (Fsp3) is 0.400. The van der Waals surface area contributed by atoms with Crippen molar-refractivity contribution in [3.8, 4) is 0 Å². The first-order chi connectivity index (χ1) is 7.01. The molecule has 4 nitrogen and oxygen atoms in total. The third-order valence-electron chi connectivity index (χ3n) is 2.01.